The molecule has 2 rings (SSSR count). The first-order chi connectivity index (χ1) is 6.25. The molecule has 0 aliphatic carbocycles. The smallest absolute Gasteiger partial charge is 0.171 e. The maximum absolute atomic E-state index is 4.19. The summed E-state index contributed by atoms with van der Waals surface area (Å²) in [4.78, 5) is 8.32. The van der Waals surface area contributed by atoms with Crippen molar-refractivity contribution in [3.8, 4) is 5.82 Å². The molecule has 0 saturated heterocycles. The van der Waals surface area contributed by atoms with Gasteiger partial charge < -0.3 is 0 Å². The molecule has 66 valence electrons. The zero-order chi connectivity index (χ0) is 9.26. The fraction of sp³-hybridized carbons (Fsp3) is 0.125. The van der Waals surface area contributed by atoms with Crippen LogP contribution in [0.5, 0.6) is 0 Å². The van der Waals surface area contributed by atoms with Crippen LogP contribution in [0.2, 0.25) is 0 Å². The number of nitrogens with zero attached hydrogens (tertiary/aromatic N) is 4. The Labute approximate surface area is 89.2 Å². The number of hydrogen-bond acceptors (Lipinski definition) is 3. The Balaban J connectivity index is 2.41. The van der Waals surface area contributed by atoms with Gasteiger partial charge in [-0.2, -0.15) is 5.10 Å². The fourth-order valence-electron chi connectivity index (χ4n) is 0.962. The molecule has 0 aromatic carbocycles. The topological polar surface area (TPSA) is 43.6 Å². The van der Waals surface area contributed by atoms with Crippen LogP contribution in [-0.4, -0.2) is 19.7 Å². The Kier molecular flexibility index (Phi) is 2.26. The van der Waals surface area contributed by atoms with E-state index >= 15 is 0 Å². The van der Waals surface area contributed by atoms with Crippen molar-refractivity contribution in [1.82, 2.24) is 19.7 Å². The van der Waals surface area contributed by atoms with Gasteiger partial charge in [0.1, 0.15) is 3.70 Å². The van der Waals surface area contributed by atoms with Gasteiger partial charge in [0, 0.05) is 6.20 Å². The summed E-state index contributed by atoms with van der Waals surface area (Å²) in [5.41, 5.74) is 1.11. The Morgan fingerprint density at radius 3 is 2.62 bits per heavy atom. The summed E-state index contributed by atoms with van der Waals surface area (Å²) < 4.78 is 2.59. The van der Waals surface area contributed by atoms with Crippen LogP contribution < -0.4 is 0 Å². The van der Waals surface area contributed by atoms with Crippen molar-refractivity contribution in [2.75, 3.05) is 0 Å². The third-order valence-corrected chi connectivity index (χ3v) is 2.11. The monoisotopic (exact) mass is 286 g/mol. The molecule has 0 amide bonds. The van der Waals surface area contributed by atoms with Crippen molar-refractivity contribution in [2.24, 2.45) is 0 Å². The minimum Gasteiger partial charge on any atom is -0.245 e. The Hall–Kier alpha value is -0.980. The predicted molar refractivity (Wildman–Crippen MR) is 56.6 cm³/mol. The lowest BCUT2D eigenvalue weighted by molar-refractivity contribution is 0.835. The van der Waals surface area contributed by atoms with E-state index in [1.54, 1.807) is 23.3 Å². The standard InChI is InChI=1S/C8H7IN4/c1-6-2-12-13(5-6)8-4-10-7(9)3-11-8/h2-5H,1H3. The molecule has 0 N–H and O–H groups in total. The third-order valence-electron chi connectivity index (χ3n) is 1.55. The van der Waals surface area contributed by atoms with Crippen molar-refractivity contribution in [2.45, 2.75) is 6.92 Å². The highest BCUT2D eigenvalue weighted by Crippen LogP contribution is 2.04. The van der Waals surface area contributed by atoms with Gasteiger partial charge in [0.2, 0.25) is 0 Å². The summed E-state index contributed by atoms with van der Waals surface area (Å²) in [6.45, 7) is 1.99. The lowest BCUT2D eigenvalue weighted by atomic mass is 10.4. The summed E-state index contributed by atoms with van der Waals surface area (Å²) in [6.07, 6.45) is 7.12. The molecule has 0 aliphatic heterocycles. The highest BCUT2D eigenvalue weighted by atomic mass is 127. The molecular weight excluding hydrogens is 279 g/mol. The van der Waals surface area contributed by atoms with Crippen LogP contribution in [0.15, 0.2) is 24.8 Å². The van der Waals surface area contributed by atoms with E-state index in [0.717, 1.165) is 15.1 Å². The van der Waals surface area contributed by atoms with Crippen LogP contribution in [0, 0.1) is 10.6 Å². The second-order valence-corrected chi connectivity index (χ2v) is 3.76. The second-order valence-electron chi connectivity index (χ2n) is 2.66. The minimum atomic E-state index is 0.744. The molecule has 4 nitrogen and oxygen atoms in total. The quantitative estimate of drug-likeness (QED) is 0.747. The van der Waals surface area contributed by atoms with Crippen LogP contribution in [0.25, 0.3) is 5.82 Å². The van der Waals surface area contributed by atoms with Gasteiger partial charge >= 0.3 is 0 Å². The summed E-state index contributed by atoms with van der Waals surface area (Å²) in [5.74, 6) is 0.744. The van der Waals surface area contributed by atoms with E-state index in [9.17, 15) is 0 Å². The second kappa shape index (κ2) is 3.41. The Morgan fingerprint density at radius 2 is 2.08 bits per heavy atom. The van der Waals surface area contributed by atoms with Gasteiger partial charge in [-0.25, -0.2) is 14.6 Å². The van der Waals surface area contributed by atoms with E-state index in [2.05, 4.69) is 37.7 Å². The molecule has 2 aromatic rings. The van der Waals surface area contributed by atoms with Crippen molar-refractivity contribution in [1.29, 1.82) is 0 Å². The average Bonchev–Trinajstić information content (AvgIpc) is 2.53. The maximum atomic E-state index is 4.19. The lowest BCUT2D eigenvalue weighted by Gasteiger charge is -1.97. The average molecular weight is 286 g/mol. The first kappa shape index (κ1) is 8.61. The Morgan fingerprint density at radius 1 is 1.23 bits per heavy atom. The van der Waals surface area contributed by atoms with Crippen molar-refractivity contribution < 1.29 is 0 Å². The molecule has 0 bridgehead atoms. The van der Waals surface area contributed by atoms with E-state index in [-0.39, 0.29) is 0 Å². The Bertz CT molecular complexity index is 406. The molecule has 0 spiro atoms. The predicted octanol–water partition coefficient (Wildman–Crippen LogP) is 1.58. The van der Waals surface area contributed by atoms with Crippen LogP contribution >= 0.6 is 22.6 Å². The molecule has 2 heterocycles. The van der Waals surface area contributed by atoms with E-state index in [1.807, 2.05) is 13.1 Å². The van der Waals surface area contributed by atoms with Crippen molar-refractivity contribution >= 4 is 22.6 Å². The van der Waals surface area contributed by atoms with Gasteiger partial charge in [-0.1, -0.05) is 0 Å². The largest absolute Gasteiger partial charge is 0.245 e. The maximum Gasteiger partial charge on any atom is 0.171 e. The van der Waals surface area contributed by atoms with Crippen LogP contribution in [0.4, 0.5) is 0 Å². The van der Waals surface area contributed by atoms with Crippen molar-refractivity contribution in [3.63, 3.8) is 0 Å². The highest BCUT2D eigenvalue weighted by molar-refractivity contribution is 14.1. The van der Waals surface area contributed by atoms with Crippen LogP contribution in [-0.2, 0) is 0 Å². The zero-order valence-electron chi connectivity index (χ0n) is 6.98. The SMILES string of the molecule is Cc1cnn(-c2cnc(I)cn2)c1. The number of hydrogen-bond donors (Lipinski definition) is 0. The normalized spacial score (nSPS) is 10.3. The van der Waals surface area contributed by atoms with Crippen LogP contribution in [0.1, 0.15) is 5.56 Å². The fourth-order valence-corrected chi connectivity index (χ4v) is 1.24. The minimum absolute atomic E-state index is 0.744. The van der Waals surface area contributed by atoms with E-state index in [0.29, 0.717) is 0 Å². The molecule has 2 aromatic heterocycles. The molecule has 0 fully saturated rings. The number of aryl methyl sites for hydroxylation is 1. The number of rotatable bonds is 1. The molecule has 0 radical (unpaired) electrons. The molecule has 0 saturated carbocycles. The van der Waals surface area contributed by atoms with E-state index in [1.165, 1.54) is 0 Å². The summed E-state index contributed by atoms with van der Waals surface area (Å²) in [5, 5.41) is 4.13. The third kappa shape index (κ3) is 1.85. The van der Waals surface area contributed by atoms with Crippen molar-refractivity contribution in [3.05, 3.63) is 34.1 Å². The molecule has 0 aliphatic rings. The van der Waals surface area contributed by atoms with Gasteiger partial charge in [-0.05, 0) is 35.1 Å². The summed E-state index contributed by atoms with van der Waals surface area (Å²) in [7, 11) is 0. The highest BCUT2D eigenvalue weighted by Gasteiger charge is 1.99. The molecular formula is C8H7IN4. The van der Waals surface area contributed by atoms with E-state index < -0.39 is 0 Å². The van der Waals surface area contributed by atoms with E-state index in [4.69, 9.17) is 0 Å². The van der Waals surface area contributed by atoms with Crippen LogP contribution in [0.3, 0.4) is 0 Å². The number of halogens is 1. The molecule has 13 heavy (non-hydrogen) atoms. The molecule has 0 unspecified atom stereocenters. The van der Waals surface area contributed by atoms with Gasteiger partial charge in [-0.15, -0.1) is 0 Å². The van der Waals surface area contributed by atoms with Gasteiger partial charge in [-0.3, -0.25) is 0 Å². The first-order valence-corrected chi connectivity index (χ1v) is 4.83. The first-order valence-electron chi connectivity index (χ1n) is 3.75. The summed E-state index contributed by atoms with van der Waals surface area (Å²) >= 11 is 2.12. The van der Waals surface area contributed by atoms with Gasteiger partial charge in [0.05, 0.1) is 18.6 Å². The molecule has 5 heteroatoms. The van der Waals surface area contributed by atoms with Gasteiger partial charge in [0.25, 0.3) is 0 Å². The van der Waals surface area contributed by atoms with Gasteiger partial charge in [0.15, 0.2) is 5.82 Å². The molecule has 0 atom stereocenters. The zero-order valence-corrected chi connectivity index (χ0v) is 9.13. The lowest BCUT2D eigenvalue weighted by Crippen LogP contribution is -1.98. The number of aromatic nitrogens is 4. The summed E-state index contributed by atoms with van der Waals surface area (Å²) in [6, 6.07) is 0.